The molecule has 1 atom stereocenters. The van der Waals surface area contributed by atoms with Crippen molar-refractivity contribution in [1.29, 1.82) is 0 Å². The van der Waals surface area contributed by atoms with E-state index in [4.69, 9.17) is 5.73 Å². The summed E-state index contributed by atoms with van der Waals surface area (Å²) >= 11 is 0. The van der Waals surface area contributed by atoms with Gasteiger partial charge in [0.05, 0.1) is 0 Å². The maximum atomic E-state index is 13.5. The van der Waals surface area contributed by atoms with Crippen molar-refractivity contribution in [3.05, 3.63) is 71.5 Å². The first-order chi connectivity index (χ1) is 13.5. The average molecular weight is 384 g/mol. The highest BCUT2D eigenvalue weighted by molar-refractivity contribution is 6.02. The Balaban J connectivity index is 1.90. The molecule has 1 aliphatic heterocycles. The van der Waals surface area contributed by atoms with Gasteiger partial charge in [0.2, 0.25) is 0 Å². The second kappa shape index (κ2) is 8.62. The third-order valence-corrected chi connectivity index (χ3v) is 4.46. The van der Waals surface area contributed by atoms with Gasteiger partial charge in [0.15, 0.2) is 6.17 Å². The fraction of sp³-hybridized carbons (Fsp3) is 0.250. The Hall–Kier alpha value is -3.26. The largest absolute Gasteiger partial charge is 0.351 e. The molecule has 0 aromatic heterocycles. The van der Waals surface area contributed by atoms with Gasteiger partial charge in [-0.2, -0.15) is 0 Å². The third-order valence-electron chi connectivity index (χ3n) is 4.46. The Labute approximate surface area is 161 Å². The van der Waals surface area contributed by atoms with Crippen molar-refractivity contribution in [1.82, 2.24) is 15.1 Å². The van der Waals surface area contributed by atoms with Gasteiger partial charge in [-0.05, 0) is 30.3 Å². The van der Waals surface area contributed by atoms with Crippen molar-refractivity contribution in [3.63, 3.8) is 0 Å². The highest BCUT2D eigenvalue weighted by Crippen LogP contribution is 2.21. The summed E-state index contributed by atoms with van der Waals surface area (Å²) in [5.41, 5.74) is 5.98. The van der Waals surface area contributed by atoms with Crippen LogP contribution < -0.4 is 11.1 Å². The van der Waals surface area contributed by atoms with E-state index >= 15 is 0 Å². The zero-order valence-corrected chi connectivity index (χ0v) is 15.2. The lowest BCUT2D eigenvalue weighted by atomic mass is 10.1. The minimum atomic E-state index is -1.13. The Morgan fingerprint density at radius 3 is 2.18 bits per heavy atom. The van der Waals surface area contributed by atoms with Gasteiger partial charge in [0.1, 0.15) is 5.82 Å². The molecule has 3 amide bonds. The lowest BCUT2D eigenvalue weighted by Crippen LogP contribution is -2.54. The molecule has 0 aliphatic carbocycles. The van der Waals surface area contributed by atoms with Crippen molar-refractivity contribution >= 4 is 17.7 Å². The van der Waals surface area contributed by atoms with Crippen LogP contribution in [0.3, 0.4) is 0 Å². The van der Waals surface area contributed by atoms with Crippen LogP contribution in [-0.2, 0) is 4.79 Å². The number of amides is 3. The molecule has 2 aromatic rings. The second-order valence-electron chi connectivity index (χ2n) is 6.33. The summed E-state index contributed by atoms with van der Waals surface area (Å²) in [4.78, 5) is 41.2. The van der Waals surface area contributed by atoms with E-state index in [1.165, 1.54) is 28.0 Å². The zero-order valence-electron chi connectivity index (χ0n) is 15.2. The maximum absolute atomic E-state index is 13.5. The van der Waals surface area contributed by atoms with Crippen LogP contribution in [0.25, 0.3) is 0 Å². The molecule has 0 spiro atoms. The molecule has 3 N–H and O–H groups in total. The van der Waals surface area contributed by atoms with Gasteiger partial charge in [-0.15, -0.1) is 0 Å². The van der Waals surface area contributed by atoms with Crippen molar-refractivity contribution in [2.24, 2.45) is 5.73 Å². The van der Waals surface area contributed by atoms with Crippen LogP contribution in [0.5, 0.6) is 0 Å². The van der Waals surface area contributed by atoms with Gasteiger partial charge in [-0.1, -0.05) is 24.3 Å². The molecule has 2 aromatic carbocycles. The zero-order chi connectivity index (χ0) is 20.1. The first kappa shape index (κ1) is 19.5. The smallest absolute Gasteiger partial charge is 0.263 e. The van der Waals surface area contributed by atoms with Gasteiger partial charge in [0.25, 0.3) is 17.7 Å². The Kier molecular flexibility index (Phi) is 6.00. The molecule has 1 aliphatic rings. The summed E-state index contributed by atoms with van der Waals surface area (Å²) in [6.07, 6.45) is -1.13. The van der Waals surface area contributed by atoms with E-state index in [1.807, 2.05) is 0 Å². The second-order valence-corrected chi connectivity index (χ2v) is 6.33. The van der Waals surface area contributed by atoms with Crippen LogP contribution in [0.4, 0.5) is 4.39 Å². The van der Waals surface area contributed by atoms with E-state index in [0.717, 1.165) is 6.07 Å². The number of halogens is 1. The number of nitrogens with two attached hydrogens (primary N) is 1. The van der Waals surface area contributed by atoms with Gasteiger partial charge < -0.3 is 20.9 Å². The van der Waals surface area contributed by atoms with Gasteiger partial charge >= 0.3 is 0 Å². The van der Waals surface area contributed by atoms with Gasteiger partial charge in [-0.25, -0.2) is 4.39 Å². The van der Waals surface area contributed by atoms with Crippen LogP contribution in [0.1, 0.15) is 20.7 Å². The standard InChI is InChI=1S/C20H21FN4O3/c21-16-8-4-7-15(13-16)20(28)25-12-11-24(18(25)17(26)23-10-9-22)19(27)14-5-2-1-3-6-14/h1-8,13,18H,9-12,22H2,(H,23,26). The number of hydrogen-bond donors (Lipinski definition) is 2. The predicted octanol–water partition coefficient (Wildman–Crippen LogP) is 0.825. The fourth-order valence-electron chi connectivity index (χ4n) is 3.16. The lowest BCUT2D eigenvalue weighted by molar-refractivity contribution is -0.128. The highest BCUT2D eigenvalue weighted by atomic mass is 19.1. The SMILES string of the molecule is NCCNC(=O)C1N(C(=O)c2ccccc2)CCN1C(=O)c1cccc(F)c1. The molecule has 7 nitrogen and oxygen atoms in total. The van der Waals surface area contributed by atoms with E-state index in [0.29, 0.717) is 5.56 Å². The molecule has 0 radical (unpaired) electrons. The van der Waals surface area contributed by atoms with Gasteiger partial charge in [0, 0.05) is 37.3 Å². The van der Waals surface area contributed by atoms with Crippen LogP contribution in [0.2, 0.25) is 0 Å². The molecular formula is C20H21FN4O3. The number of rotatable bonds is 5. The maximum Gasteiger partial charge on any atom is 0.263 e. The molecule has 3 rings (SSSR count). The monoisotopic (exact) mass is 384 g/mol. The molecule has 28 heavy (non-hydrogen) atoms. The summed E-state index contributed by atoms with van der Waals surface area (Å²) in [5.74, 6) is -1.93. The number of benzene rings is 2. The van der Waals surface area contributed by atoms with Crippen LogP contribution in [0.15, 0.2) is 54.6 Å². The molecule has 1 unspecified atom stereocenters. The first-order valence-corrected chi connectivity index (χ1v) is 8.93. The molecule has 146 valence electrons. The number of nitrogens with one attached hydrogen (secondary N) is 1. The van der Waals surface area contributed by atoms with Crippen molar-refractivity contribution in [2.75, 3.05) is 26.2 Å². The molecule has 0 bridgehead atoms. The number of carbonyl (C=O) groups excluding carboxylic acids is 3. The van der Waals surface area contributed by atoms with E-state index in [2.05, 4.69) is 5.32 Å². The van der Waals surface area contributed by atoms with Gasteiger partial charge in [-0.3, -0.25) is 14.4 Å². The van der Waals surface area contributed by atoms with E-state index in [1.54, 1.807) is 30.3 Å². The minimum Gasteiger partial charge on any atom is -0.351 e. The number of nitrogens with zero attached hydrogens (tertiary/aromatic N) is 2. The van der Waals surface area contributed by atoms with Crippen molar-refractivity contribution < 1.29 is 18.8 Å². The van der Waals surface area contributed by atoms with E-state index < -0.39 is 23.8 Å². The van der Waals surface area contributed by atoms with E-state index in [9.17, 15) is 18.8 Å². The Morgan fingerprint density at radius 1 is 0.964 bits per heavy atom. The average Bonchev–Trinajstić information content (AvgIpc) is 3.16. The van der Waals surface area contributed by atoms with E-state index in [-0.39, 0.29) is 37.6 Å². The van der Waals surface area contributed by atoms with Crippen LogP contribution in [-0.4, -0.2) is 59.9 Å². The van der Waals surface area contributed by atoms with Crippen molar-refractivity contribution in [2.45, 2.75) is 6.17 Å². The van der Waals surface area contributed by atoms with Crippen LogP contribution in [0, 0.1) is 5.82 Å². The predicted molar refractivity (Wildman–Crippen MR) is 101 cm³/mol. The number of carbonyl (C=O) groups is 3. The molecule has 1 saturated heterocycles. The van der Waals surface area contributed by atoms with Crippen molar-refractivity contribution in [3.8, 4) is 0 Å². The molecular weight excluding hydrogens is 363 g/mol. The Morgan fingerprint density at radius 2 is 1.57 bits per heavy atom. The summed E-state index contributed by atoms with van der Waals surface area (Å²) in [7, 11) is 0. The lowest BCUT2D eigenvalue weighted by Gasteiger charge is -2.29. The number of hydrogen-bond acceptors (Lipinski definition) is 4. The quantitative estimate of drug-likeness (QED) is 0.798. The summed E-state index contributed by atoms with van der Waals surface area (Å²) in [6, 6.07) is 13.8. The third kappa shape index (κ3) is 4.01. The summed E-state index contributed by atoms with van der Waals surface area (Å²) in [6.45, 7) is 0.789. The normalized spacial score (nSPS) is 16.1. The fourth-order valence-corrected chi connectivity index (χ4v) is 3.16. The van der Waals surface area contributed by atoms with Crippen LogP contribution >= 0.6 is 0 Å². The molecule has 0 saturated carbocycles. The molecule has 8 heteroatoms. The Bertz CT molecular complexity index is 875. The minimum absolute atomic E-state index is 0.116. The first-order valence-electron chi connectivity index (χ1n) is 8.93. The highest BCUT2D eigenvalue weighted by Gasteiger charge is 2.43. The summed E-state index contributed by atoms with van der Waals surface area (Å²) in [5, 5.41) is 2.63. The summed E-state index contributed by atoms with van der Waals surface area (Å²) < 4.78 is 13.5. The molecule has 1 fully saturated rings. The molecule has 1 heterocycles. The topological polar surface area (TPSA) is 95.7 Å².